The van der Waals surface area contributed by atoms with Crippen LogP contribution in [-0.4, -0.2) is 89.1 Å². The Labute approximate surface area is 188 Å². The molecule has 0 spiro atoms. The first-order valence-electron chi connectivity index (χ1n) is 11.2. The molecule has 1 unspecified atom stereocenters. The van der Waals surface area contributed by atoms with Gasteiger partial charge in [0.05, 0.1) is 26.4 Å². The zero-order valence-corrected chi connectivity index (χ0v) is 19.2. The van der Waals surface area contributed by atoms with Crippen LogP contribution in [0.15, 0.2) is 18.2 Å². The number of nitrogens with one attached hydrogen (secondary N) is 1. The van der Waals surface area contributed by atoms with E-state index >= 15 is 0 Å². The summed E-state index contributed by atoms with van der Waals surface area (Å²) in [6.45, 7) is 9.24. The zero-order chi connectivity index (χ0) is 22.6. The molecular weight excluding hydrogens is 410 g/mol. The molecule has 32 heavy (non-hydrogen) atoms. The van der Waals surface area contributed by atoms with Gasteiger partial charge in [-0.1, -0.05) is 12.1 Å². The molecule has 0 bridgehead atoms. The van der Waals surface area contributed by atoms with Crippen molar-refractivity contribution in [3.05, 3.63) is 35.2 Å². The highest BCUT2D eigenvalue weighted by atomic mass is 16.5. The van der Waals surface area contributed by atoms with Gasteiger partial charge in [0.2, 0.25) is 0 Å². The number of aryl methyl sites for hydroxylation is 2. The molecule has 1 atom stereocenters. The standard InChI is InChI=1S/C22H33N7O3/c1-17-5-6-18(2)19(15-17)23-21(30)27-8-4-7-22(16-27,28-9-13-32-14-10-28)20-24-25-26-29(20)11-12-31-3/h5-6,15H,4,7-14,16H2,1-3H3,(H,23,30). The smallest absolute Gasteiger partial charge is 0.321 e. The van der Waals surface area contributed by atoms with E-state index in [1.807, 2.05) is 35.6 Å². The number of likely N-dealkylation sites (tertiary alicyclic amines) is 1. The quantitative estimate of drug-likeness (QED) is 0.727. The number of tetrazole rings is 1. The summed E-state index contributed by atoms with van der Waals surface area (Å²) < 4.78 is 12.7. The molecule has 0 aliphatic carbocycles. The predicted octanol–water partition coefficient (Wildman–Crippen LogP) is 1.79. The summed E-state index contributed by atoms with van der Waals surface area (Å²) in [5.74, 6) is 0.792. The third-order valence-corrected chi connectivity index (χ3v) is 6.46. The number of aromatic nitrogens is 4. The third kappa shape index (κ3) is 4.62. The highest BCUT2D eigenvalue weighted by molar-refractivity contribution is 5.90. The maximum absolute atomic E-state index is 13.3. The minimum absolute atomic E-state index is 0.0908. The van der Waals surface area contributed by atoms with Gasteiger partial charge in [-0.15, -0.1) is 5.10 Å². The average Bonchev–Trinajstić information content (AvgIpc) is 3.30. The highest BCUT2D eigenvalue weighted by Crippen LogP contribution is 2.37. The van der Waals surface area contributed by atoms with Crippen LogP contribution in [0.1, 0.15) is 29.8 Å². The van der Waals surface area contributed by atoms with Gasteiger partial charge in [-0.25, -0.2) is 9.48 Å². The van der Waals surface area contributed by atoms with E-state index in [0.29, 0.717) is 39.5 Å². The Morgan fingerprint density at radius 3 is 2.84 bits per heavy atom. The second-order valence-electron chi connectivity index (χ2n) is 8.62. The molecule has 1 aromatic heterocycles. The van der Waals surface area contributed by atoms with E-state index in [2.05, 4.69) is 31.8 Å². The number of rotatable bonds is 6. The molecule has 3 heterocycles. The number of morpholine rings is 1. The van der Waals surface area contributed by atoms with Gasteiger partial charge in [0.1, 0.15) is 5.54 Å². The number of methoxy groups -OCH3 is 1. The topological polar surface area (TPSA) is 97.6 Å². The van der Waals surface area contributed by atoms with E-state index in [1.165, 1.54) is 0 Å². The molecule has 174 valence electrons. The first-order chi connectivity index (χ1) is 15.5. The molecule has 1 N–H and O–H groups in total. The zero-order valence-electron chi connectivity index (χ0n) is 19.2. The van der Waals surface area contributed by atoms with Crippen LogP contribution in [0.2, 0.25) is 0 Å². The lowest BCUT2D eigenvalue weighted by Crippen LogP contribution is -2.61. The summed E-state index contributed by atoms with van der Waals surface area (Å²) in [5, 5.41) is 15.8. The lowest BCUT2D eigenvalue weighted by Gasteiger charge is -2.49. The van der Waals surface area contributed by atoms with Gasteiger partial charge in [-0.05, 0) is 54.3 Å². The molecule has 1 aromatic carbocycles. The number of carbonyl (C=O) groups excluding carboxylic acids is 1. The first-order valence-corrected chi connectivity index (χ1v) is 11.2. The third-order valence-electron chi connectivity index (χ3n) is 6.46. The van der Waals surface area contributed by atoms with Crippen LogP contribution in [0.3, 0.4) is 0 Å². The summed E-state index contributed by atoms with van der Waals surface area (Å²) in [6, 6.07) is 6.00. The Morgan fingerprint density at radius 2 is 2.06 bits per heavy atom. The minimum Gasteiger partial charge on any atom is -0.383 e. The van der Waals surface area contributed by atoms with E-state index in [0.717, 1.165) is 48.6 Å². The first kappa shape index (κ1) is 22.6. The van der Waals surface area contributed by atoms with Crippen LogP contribution in [0, 0.1) is 13.8 Å². The second kappa shape index (κ2) is 9.93. The Morgan fingerprint density at radius 1 is 1.25 bits per heavy atom. The molecule has 2 saturated heterocycles. The van der Waals surface area contributed by atoms with Gasteiger partial charge in [-0.3, -0.25) is 4.90 Å². The van der Waals surface area contributed by atoms with E-state index in [4.69, 9.17) is 9.47 Å². The van der Waals surface area contributed by atoms with E-state index < -0.39 is 5.54 Å². The van der Waals surface area contributed by atoms with Crippen molar-refractivity contribution in [2.24, 2.45) is 0 Å². The van der Waals surface area contributed by atoms with Gasteiger partial charge < -0.3 is 19.7 Å². The van der Waals surface area contributed by atoms with Crippen LogP contribution in [0.25, 0.3) is 0 Å². The van der Waals surface area contributed by atoms with Crippen LogP contribution >= 0.6 is 0 Å². The van der Waals surface area contributed by atoms with E-state index in [-0.39, 0.29) is 6.03 Å². The number of anilines is 1. The number of carbonyl (C=O) groups is 1. The molecule has 2 fully saturated rings. The second-order valence-corrected chi connectivity index (χ2v) is 8.62. The molecule has 2 amide bonds. The normalized spacial score (nSPS) is 22.2. The fraction of sp³-hybridized carbons (Fsp3) is 0.636. The SMILES string of the molecule is COCCn1nnnc1C1(N2CCOCC2)CCCN(C(=O)Nc2cc(C)ccc2C)C1. The number of ether oxygens (including phenoxy) is 2. The van der Waals surface area contributed by atoms with Crippen molar-refractivity contribution < 1.29 is 14.3 Å². The summed E-state index contributed by atoms with van der Waals surface area (Å²) in [5.41, 5.74) is 2.55. The summed E-state index contributed by atoms with van der Waals surface area (Å²) in [4.78, 5) is 17.6. The van der Waals surface area contributed by atoms with Crippen LogP contribution in [-0.2, 0) is 21.6 Å². The van der Waals surface area contributed by atoms with Gasteiger partial charge in [0.25, 0.3) is 0 Å². The Bertz CT molecular complexity index is 928. The maximum Gasteiger partial charge on any atom is 0.321 e. The lowest BCUT2D eigenvalue weighted by molar-refractivity contribution is -0.0547. The number of hydrogen-bond donors (Lipinski definition) is 1. The average molecular weight is 444 g/mol. The number of nitrogens with zero attached hydrogens (tertiary/aromatic N) is 6. The molecule has 2 aliphatic rings. The molecule has 0 radical (unpaired) electrons. The largest absolute Gasteiger partial charge is 0.383 e. The number of piperidine rings is 1. The fourth-order valence-electron chi connectivity index (χ4n) is 4.71. The number of amides is 2. The van der Waals surface area contributed by atoms with Crippen molar-refractivity contribution in [2.75, 3.05) is 58.4 Å². The van der Waals surface area contributed by atoms with Crippen molar-refractivity contribution in [2.45, 2.75) is 38.8 Å². The van der Waals surface area contributed by atoms with Gasteiger partial charge in [0.15, 0.2) is 5.82 Å². The molecule has 0 saturated carbocycles. The lowest BCUT2D eigenvalue weighted by atomic mass is 9.85. The number of benzene rings is 1. The fourth-order valence-corrected chi connectivity index (χ4v) is 4.71. The molecule has 10 heteroatoms. The van der Waals surface area contributed by atoms with Crippen molar-refractivity contribution in [3.8, 4) is 0 Å². The van der Waals surface area contributed by atoms with Gasteiger partial charge in [-0.2, -0.15) is 0 Å². The van der Waals surface area contributed by atoms with Crippen molar-refractivity contribution >= 4 is 11.7 Å². The number of hydrogen-bond acceptors (Lipinski definition) is 7. The van der Waals surface area contributed by atoms with E-state index in [1.54, 1.807) is 7.11 Å². The minimum atomic E-state index is -0.460. The molecule has 2 aromatic rings. The van der Waals surface area contributed by atoms with Crippen molar-refractivity contribution in [1.29, 1.82) is 0 Å². The summed E-state index contributed by atoms with van der Waals surface area (Å²) in [7, 11) is 1.67. The Balaban J connectivity index is 1.61. The highest BCUT2D eigenvalue weighted by Gasteiger charge is 2.47. The maximum atomic E-state index is 13.3. The summed E-state index contributed by atoms with van der Waals surface area (Å²) in [6.07, 6.45) is 1.75. The molecule has 10 nitrogen and oxygen atoms in total. The molecule has 4 rings (SSSR count). The van der Waals surface area contributed by atoms with E-state index in [9.17, 15) is 4.79 Å². The Kier molecular flexibility index (Phi) is 7.02. The predicted molar refractivity (Wildman–Crippen MR) is 120 cm³/mol. The Hall–Kier alpha value is -2.56. The van der Waals surface area contributed by atoms with Crippen LogP contribution in [0.4, 0.5) is 10.5 Å². The van der Waals surface area contributed by atoms with Gasteiger partial charge >= 0.3 is 6.03 Å². The summed E-state index contributed by atoms with van der Waals surface area (Å²) >= 11 is 0. The molecular formula is C22H33N7O3. The van der Waals surface area contributed by atoms with Gasteiger partial charge in [0, 0.05) is 39.0 Å². The van der Waals surface area contributed by atoms with Crippen LogP contribution < -0.4 is 5.32 Å². The van der Waals surface area contributed by atoms with Crippen molar-refractivity contribution in [1.82, 2.24) is 30.0 Å². The van der Waals surface area contributed by atoms with Crippen molar-refractivity contribution in [3.63, 3.8) is 0 Å². The monoisotopic (exact) mass is 443 g/mol. The molecule has 2 aliphatic heterocycles. The van der Waals surface area contributed by atoms with Crippen LogP contribution in [0.5, 0.6) is 0 Å². The number of urea groups is 1.